The van der Waals surface area contributed by atoms with Crippen molar-refractivity contribution in [1.29, 1.82) is 0 Å². The van der Waals surface area contributed by atoms with Gasteiger partial charge in [0.15, 0.2) is 17.5 Å². The molecule has 0 aliphatic heterocycles. The molecular weight excluding hydrogens is 314 g/mol. The van der Waals surface area contributed by atoms with Crippen molar-refractivity contribution in [1.82, 2.24) is 19.7 Å². The molecule has 1 amide bonds. The Morgan fingerprint density at radius 3 is 2.52 bits per heavy atom. The maximum absolute atomic E-state index is 11.2. The number of anilines is 1. The maximum Gasteiger partial charge on any atom is 0.221 e. The molecule has 0 spiro atoms. The Hall–Kier alpha value is -3.02. The van der Waals surface area contributed by atoms with Crippen LogP contribution in [0.3, 0.4) is 0 Å². The van der Waals surface area contributed by atoms with Crippen LogP contribution in [0.2, 0.25) is 0 Å². The van der Waals surface area contributed by atoms with E-state index in [0.717, 1.165) is 35.1 Å². The topological polar surface area (TPSA) is 72.7 Å². The van der Waals surface area contributed by atoms with Crippen LogP contribution in [0.5, 0.6) is 0 Å². The Kier molecular flexibility index (Phi) is 4.88. The molecule has 0 unspecified atom stereocenters. The number of benzene rings is 1. The molecular formula is C19H21N5O. The Labute approximate surface area is 146 Å². The molecule has 1 N–H and O–H groups in total. The number of rotatable bonds is 5. The van der Waals surface area contributed by atoms with Crippen molar-refractivity contribution < 1.29 is 4.79 Å². The summed E-state index contributed by atoms with van der Waals surface area (Å²) in [4.78, 5) is 20.3. The second kappa shape index (κ2) is 7.25. The van der Waals surface area contributed by atoms with Gasteiger partial charge in [-0.25, -0.2) is 9.97 Å². The van der Waals surface area contributed by atoms with E-state index in [0.29, 0.717) is 5.92 Å². The van der Waals surface area contributed by atoms with Gasteiger partial charge in [0.1, 0.15) is 0 Å². The van der Waals surface area contributed by atoms with Crippen molar-refractivity contribution in [2.45, 2.75) is 27.2 Å². The van der Waals surface area contributed by atoms with Gasteiger partial charge in [-0.05, 0) is 42.3 Å². The number of nitrogens with zero attached hydrogens (tertiary/aromatic N) is 4. The van der Waals surface area contributed by atoms with E-state index in [2.05, 4.69) is 29.2 Å². The summed E-state index contributed by atoms with van der Waals surface area (Å²) in [6.07, 6.45) is 2.54. The highest BCUT2D eigenvalue weighted by Crippen LogP contribution is 2.23. The first kappa shape index (κ1) is 16.8. The zero-order chi connectivity index (χ0) is 17.8. The molecule has 6 nitrogen and oxygen atoms in total. The average Bonchev–Trinajstić information content (AvgIpc) is 2.99. The predicted molar refractivity (Wildman–Crippen MR) is 97.4 cm³/mol. The largest absolute Gasteiger partial charge is 0.326 e. The number of hydrogen-bond acceptors (Lipinski definition) is 4. The maximum atomic E-state index is 11.2. The molecule has 0 radical (unpaired) electrons. The monoisotopic (exact) mass is 335 g/mol. The van der Waals surface area contributed by atoms with Crippen LogP contribution >= 0.6 is 0 Å². The predicted octanol–water partition coefficient (Wildman–Crippen LogP) is 3.49. The summed E-state index contributed by atoms with van der Waals surface area (Å²) < 4.78 is 1.77. The van der Waals surface area contributed by atoms with Gasteiger partial charge in [0.2, 0.25) is 5.91 Å². The second-order valence-corrected chi connectivity index (χ2v) is 6.31. The summed E-state index contributed by atoms with van der Waals surface area (Å²) in [5.41, 5.74) is 1.67. The summed E-state index contributed by atoms with van der Waals surface area (Å²) in [6.45, 7) is 5.77. The van der Waals surface area contributed by atoms with E-state index in [-0.39, 0.29) is 5.91 Å². The summed E-state index contributed by atoms with van der Waals surface area (Å²) in [7, 11) is 0. The van der Waals surface area contributed by atoms with E-state index in [1.807, 2.05) is 42.5 Å². The molecule has 0 fully saturated rings. The van der Waals surface area contributed by atoms with E-state index in [9.17, 15) is 4.79 Å². The smallest absolute Gasteiger partial charge is 0.221 e. The summed E-state index contributed by atoms with van der Waals surface area (Å²) >= 11 is 0. The first-order valence-electron chi connectivity index (χ1n) is 8.28. The highest BCUT2D eigenvalue weighted by molar-refractivity contribution is 5.88. The fraction of sp³-hybridized carbons (Fsp3) is 0.263. The van der Waals surface area contributed by atoms with E-state index >= 15 is 0 Å². The molecule has 1 aromatic carbocycles. The minimum atomic E-state index is -0.0939. The van der Waals surface area contributed by atoms with Crippen LogP contribution in [-0.4, -0.2) is 25.7 Å². The average molecular weight is 335 g/mol. The van der Waals surface area contributed by atoms with Crippen molar-refractivity contribution in [3.05, 3.63) is 54.5 Å². The van der Waals surface area contributed by atoms with Gasteiger partial charge >= 0.3 is 0 Å². The molecule has 6 heteroatoms. The fourth-order valence-electron chi connectivity index (χ4n) is 2.54. The molecule has 3 rings (SSSR count). The number of aromatic nitrogens is 4. The van der Waals surface area contributed by atoms with Crippen molar-refractivity contribution in [2.24, 2.45) is 5.92 Å². The van der Waals surface area contributed by atoms with Crippen molar-refractivity contribution in [3.8, 4) is 17.2 Å². The molecule has 0 saturated heterocycles. The van der Waals surface area contributed by atoms with Gasteiger partial charge in [-0.3, -0.25) is 4.79 Å². The van der Waals surface area contributed by atoms with Crippen molar-refractivity contribution in [3.63, 3.8) is 0 Å². The molecule has 2 heterocycles. The van der Waals surface area contributed by atoms with E-state index < -0.39 is 0 Å². The van der Waals surface area contributed by atoms with Crippen molar-refractivity contribution in [2.75, 3.05) is 5.32 Å². The lowest BCUT2D eigenvalue weighted by molar-refractivity contribution is -0.114. The quantitative estimate of drug-likeness (QED) is 0.775. The molecule has 0 aliphatic carbocycles. The van der Waals surface area contributed by atoms with Crippen LogP contribution in [0.25, 0.3) is 17.2 Å². The zero-order valence-corrected chi connectivity index (χ0v) is 14.6. The minimum Gasteiger partial charge on any atom is -0.326 e. The number of carbonyl (C=O) groups is 1. The lowest BCUT2D eigenvalue weighted by Crippen LogP contribution is -2.05. The number of amides is 1. The molecule has 25 heavy (non-hydrogen) atoms. The fourth-order valence-corrected chi connectivity index (χ4v) is 2.54. The van der Waals surface area contributed by atoms with E-state index in [4.69, 9.17) is 4.98 Å². The zero-order valence-electron chi connectivity index (χ0n) is 14.6. The van der Waals surface area contributed by atoms with Gasteiger partial charge < -0.3 is 5.32 Å². The molecule has 0 bridgehead atoms. The molecule has 128 valence electrons. The third-order valence-electron chi connectivity index (χ3n) is 3.57. The van der Waals surface area contributed by atoms with Crippen LogP contribution < -0.4 is 5.32 Å². The summed E-state index contributed by atoms with van der Waals surface area (Å²) in [5.74, 6) is 2.63. The Bertz CT molecular complexity index is 853. The number of pyridine rings is 1. The van der Waals surface area contributed by atoms with Gasteiger partial charge in [-0.1, -0.05) is 19.9 Å². The SMILES string of the molecule is CC(=O)Nc1ccc(-c2nc(CC(C)C)nn2-c2ccccn2)cc1. The van der Waals surface area contributed by atoms with Crippen LogP contribution in [0.1, 0.15) is 26.6 Å². The lowest BCUT2D eigenvalue weighted by Gasteiger charge is -2.06. The third kappa shape index (κ3) is 4.09. The van der Waals surface area contributed by atoms with Crippen molar-refractivity contribution >= 4 is 11.6 Å². The Balaban J connectivity index is 2.01. The minimum absolute atomic E-state index is 0.0939. The van der Waals surface area contributed by atoms with E-state index in [1.54, 1.807) is 10.9 Å². The first-order chi connectivity index (χ1) is 12.0. The number of nitrogens with one attached hydrogen (secondary N) is 1. The van der Waals surface area contributed by atoms with Gasteiger partial charge in [0, 0.05) is 30.8 Å². The molecule has 3 aromatic rings. The molecule has 0 aliphatic rings. The standard InChI is InChI=1S/C19H21N5O/c1-13(2)12-17-22-19(24(23-17)18-6-4-5-11-20-18)15-7-9-16(10-8-15)21-14(3)25/h4-11,13H,12H2,1-3H3,(H,21,25). The molecule has 0 saturated carbocycles. The van der Waals surface area contributed by atoms with Gasteiger partial charge in [-0.2, -0.15) is 4.68 Å². The summed E-state index contributed by atoms with van der Waals surface area (Å²) in [6, 6.07) is 13.3. The van der Waals surface area contributed by atoms with E-state index in [1.165, 1.54) is 6.92 Å². The Morgan fingerprint density at radius 1 is 1.16 bits per heavy atom. The highest BCUT2D eigenvalue weighted by atomic mass is 16.1. The molecule has 2 aromatic heterocycles. The van der Waals surface area contributed by atoms with Gasteiger partial charge in [0.25, 0.3) is 0 Å². The third-order valence-corrected chi connectivity index (χ3v) is 3.57. The number of carbonyl (C=O) groups excluding carboxylic acids is 1. The highest BCUT2D eigenvalue weighted by Gasteiger charge is 2.15. The molecule has 0 atom stereocenters. The first-order valence-corrected chi connectivity index (χ1v) is 8.28. The van der Waals surface area contributed by atoms with Gasteiger partial charge in [0.05, 0.1) is 0 Å². The van der Waals surface area contributed by atoms with Crippen LogP contribution in [0.15, 0.2) is 48.7 Å². The van der Waals surface area contributed by atoms with Crippen LogP contribution in [-0.2, 0) is 11.2 Å². The Morgan fingerprint density at radius 2 is 1.92 bits per heavy atom. The van der Waals surface area contributed by atoms with Crippen LogP contribution in [0, 0.1) is 5.92 Å². The lowest BCUT2D eigenvalue weighted by atomic mass is 10.1. The second-order valence-electron chi connectivity index (χ2n) is 6.31. The van der Waals surface area contributed by atoms with Gasteiger partial charge in [-0.15, -0.1) is 5.10 Å². The number of hydrogen-bond donors (Lipinski definition) is 1. The normalized spacial score (nSPS) is 10.9. The summed E-state index contributed by atoms with van der Waals surface area (Å²) in [5, 5.41) is 7.41. The van der Waals surface area contributed by atoms with Crippen LogP contribution in [0.4, 0.5) is 5.69 Å².